The molecular formula is C20H26N4O2. The summed E-state index contributed by atoms with van der Waals surface area (Å²) in [6.07, 6.45) is 2.66. The van der Waals surface area contributed by atoms with Gasteiger partial charge in [-0.05, 0) is 41.7 Å². The van der Waals surface area contributed by atoms with Gasteiger partial charge < -0.3 is 20.0 Å². The molecule has 2 heterocycles. The summed E-state index contributed by atoms with van der Waals surface area (Å²) in [7, 11) is 1.81. The summed E-state index contributed by atoms with van der Waals surface area (Å²) in [5, 5.41) is 6.27. The molecule has 0 aliphatic carbocycles. The van der Waals surface area contributed by atoms with Crippen molar-refractivity contribution in [3.05, 3.63) is 54.0 Å². The van der Waals surface area contributed by atoms with E-state index in [1.54, 1.807) is 12.1 Å². The van der Waals surface area contributed by atoms with Gasteiger partial charge in [0.25, 0.3) is 5.91 Å². The Balaban J connectivity index is 1.59. The number of benzene rings is 1. The highest BCUT2D eigenvalue weighted by atomic mass is 16.3. The standard InChI is InChI=1S/C20H26N4O2/c1-20(2)9-10-24(14-20)19(21-3)22-13-15-6-4-7-16(12-15)23-18(25)17-8-5-11-26-17/h4-8,11-12H,9-10,13-14H2,1-3H3,(H,21,22)(H,23,25). The second-order valence-corrected chi connectivity index (χ2v) is 7.37. The number of guanidine groups is 1. The first kappa shape index (κ1) is 18.0. The number of furan rings is 1. The van der Waals surface area contributed by atoms with Crippen molar-refractivity contribution in [2.24, 2.45) is 10.4 Å². The van der Waals surface area contributed by atoms with Gasteiger partial charge in [-0.3, -0.25) is 9.79 Å². The van der Waals surface area contributed by atoms with Crippen LogP contribution in [0.2, 0.25) is 0 Å². The summed E-state index contributed by atoms with van der Waals surface area (Å²) in [4.78, 5) is 18.8. The van der Waals surface area contributed by atoms with E-state index < -0.39 is 0 Å². The fraction of sp³-hybridized carbons (Fsp3) is 0.400. The summed E-state index contributed by atoms with van der Waals surface area (Å²) in [6, 6.07) is 11.1. The molecule has 0 bridgehead atoms. The van der Waals surface area contributed by atoms with Gasteiger partial charge in [0.2, 0.25) is 0 Å². The lowest BCUT2D eigenvalue weighted by atomic mass is 9.93. The maximum Gasteiger partial charge on any atom is 0.291 e. The van der Waals surface area contributed by atoms with E-state index >= 15 is 0 Å². The highest BCUT2D eigenvalue weighted by molar-refractivity contribution is 6.02. The van der Waals surface area contributed by atoms with E-state index in [1.165, 1.54) is 12.7 Å². The highest BCUT2D eigenvalue weighted by Gasteiger charge is 2.30. The van der Waals surface area contributed by atoms with E-state index in [-0.39, 0.29) is 5.91 Å². The van der Waals surface area contributed by atoms with Crippen LogP contribution < -0.4 is 10.6 Å². The summed E-state index contributed by atoms with van der Waals surface area (Å²) < 4.78 is 5.12. The number of rotatable bonds is 4. The third-order valence-corrected chi connectivity index (χ3v) is 4.57. The SMILES string of the molecule is CN=C(NCc1cccc(NC(=O)c2ccco2)c1)N1CCC(C)(C)C1. The van der Waals surface area contributed by atoms with Crippen LogP contribution in [0.15, 0.2) is 52.1 Å². The lowest BCUT2D eigenvalue weighted by molar-refractivity contribution is 0.0996. The zero-order valence-electron chi connectivity index (χ0n) is 15.6. The summed E-state index contributed by atoms with van der Waals surface area (Å²) in [5.74, 6) is 0.960. The Morgan fingerprint density at radius 2 is 2.15 bits per heavy atom. The van der Waals surface area contributed by atoms with Gasteiger partial charge in [-0.2, -0.15) is 0 Å². The first-order valence-corrected chi connectivity index (χ1v) is 8.86. The van der Waals surface area contributed by atoms with E-state index in [1.807, 2.05) is 31.3 Å². The van der Waals surface area contributed by atoms with Gasteiger partial charge in [0, 0.05) is 32.4 Å². The number of likely N-dealkylation sites (tertiary alicyclic amines) is 1. The predicted octanol–water partition coefficient (Wildman–Crippen LogP) is 3.34. The molecule has 0 spiro atoms. The second-order valence-electron chi connectivity index (χ2n) is 7.37. The van der Waals surface area contributed by atoms with Crippen LogP contribution in [-0.4, -0.2) is 36.9 Å². The molecule has 1 aromatic carbocycles. The maximum atomic E-state index is 12.1. The van der Waals surface area contributed by atoms with Gasteiger partial charge in [0.05, 0.1) is 6.26 Å². The van der Waals surface area contributed by atoms with Crippen molar-refractivity contribution in [2.45, 2.75) is 26.8 Å². The van der Waals surface area contributed by atoms with Crippen molar-refractivity contribution in [3.8, 4) is 0 Å². The molecule has 3 rings (SSSR count). The molecule has 0 saturated carbocycles. The molecule has 0 radical (unpaired) electrons. The number of carbonyl (C=O) groups excluding carboxylic acids is 1. The van der Waals surface area contributed by atoms with Crippen LogP contribution in [0, 0.1) is 5.41 Å². The number of anilines is 1. The molecule has 2 aromatic rings. The first-order chi connectivity index (χ1) is 12.5. The maximum absolute atomic E-state index is 12.1. The van der Waals surface area contributed by atoms with Crippen molar-refractivity contribution >= 4 is 17.6 Å². The number of hydrogen-bond donors (Lipinski definition) is 2. The Morgan fingerprint density at radius 3 is 2.81 bits per heavy atom. The van der Waals surface area contributed by atoms with Crippen LogP contribution in [0.5, 0.6) is 0 Å². The number of aliphatic imine (C=N–C) groups is 1. The van der Waals surface area contributed by atoms with Crippen LogP contribution in [0.1, 0.15) is 36.4 Å². The van der Waals surface area contributed by atoms with Crippen molar-refractivity contribution in [3.63, 3.8) is 0 Å². The quantitative estimate of drug-likeness (QED) is 0.653. The largest absolute Gasteiger partial charge is 0.459 e. The smallest absolute Gasteiger partial charge is 0.291 e. The van der Waals surface area contributed by atoms with Crippen LogP contribution in [0.3, 0.4) is 0 Å². The van der Waals surface area contributed by atoms with Crippen LogP contribution in [-0.2, 0) is 6.54 Å². The number of carbonyl (C=O) groups is 1. The van der Waals surface area contributed by atoms with Gasteiger partial charge in [0.15, 0.2) is 11.7 Å². The average Bonchev–Trinajstić information content (AvgIpc) is 3.26. The molecule has 1 aliphatic heterocycles. The minimum Gasteiger partial charge on any atom is -0.459 e. The Kier molecular flexibility index (Phi) is 5.30. The van der Waals surface area contributed by atoms with Gasteiger partial charge in [0.1, 0.15) is 0 Å². The van der Waals surface area contributed by atoms with Gasteiger partial charge in [-0.25, -0.2) is 0 Å². The van der Waals surface area contributed by atoms with E-state index in [0.717, 1.165) is 30.3 Å². The normalized spacial score (nSPS) is 16.6. The van der Waals surface area contributed by atoms with Crippen molar-refractivity contribution in [2.75, 3.05) is 25.5 Å². The highest BCUT2D eigenvalue weighted by Crippen LogP contribution is 2.28. The molecule has 0 unspecified atom stereocenters. The summed E-state index contributed by atoms with van der Waals surface area (Å²) >= 11 is 0. The molecule has 6 nitrogen and oxygen atoms in total. The number of hydrogen-bond acceptors (Lipinski definition) is 3. The molecule has 26 heavy (non-hydrogen) atoms. The van der Waals surface area contributed by atoms with Crippen molar-refractivity contribution in [1.29, 1.82) is 0 Å². The average molecular weight is 354 g/mol. The third kappa shape index (κ3) is 4.45. The van der Waals surface area contributed by atoms with Crippen LogP contribution in [0.25, 0.3) is 0 Å². The summed E-state index contributed by atoms with van der Waals surface area (Å²) in [6.45, 7) is 7.24. The number of nitrogens with zero attached hydrogens (tertiary/aromatic N) is 2. The van der Waals surface area contributed by atoms with Gasteiger partial charge >= 0.3 is 0 Å². The Bertz CT molecular complexity index is 781. The fourth-order valence-corrected chi connectivity index (χ4v) is 3.17. The molecule has 1 aliphatic rings. The first-order valence-electron chi connectivity index (χ1n) is 8.86. The Morgan fingerprint density at radius 1 is 1.31 bits per heavy atom. The monoisotopic (exact) mass is 354 g/mol. The molecule has 1 saturated heterocycles. The minimum atomic E-state index is -0.254. The molecule has 2 N–H and O–H groups in total. The van der Waals surface area contributed by atoms with Gasteiger partial charge in [-0.1, -0.05) is 26.0 Å². The van der Waals surface area contributed by atoms with Crippen molar-refractivity contribution < 1.29 is 9.21 Å². The fourth-order valence-electron chi connectivity index (χ4n) is 3.17. The number of amides is 1. The topological polar surface area (TPSA) is 69.9 Å². The van der Waals surface area contributed by atoms with E-state index in [2.05, 4.69) is 34.4 Å². The molecular weight excluding hydrogens is 328 g/mol. The molecule has 138 valence electrons. The zero-order valence-corrected chi connectivity index (χ0v) is 15.6. The third-order valence-electron chi connectivity index (χ3n) is 4.57. The Hall–Kier alpha value is -2.76. The predicted molar refractivity (Wildman–Crippen MR) is 103 cm³/mol. The number of nitrogens with one attached hydrogen (secondary N) is 2. The van der Waals surface area contributed by atoms with Crippen LogP contribution >= 0.6 is 0 Å². The van der Waals surface area contributed by atoms with E-state index in [0.29, 0.717) is 17.7 Å². The van der Waals surface area contributed by atoms with Crippen LogP contribution in [0.4, 0.5) is 5.69 Å². The van der Waals surface area contributed by atoms with Gasteiger partial charge in [-0.15, -0.1) is 0 Å². The molecule has 1 amide bonds. The lowest BCUT2D eigenvalue weighted by Gasteiger charge is -2.23. The lowest BCUT2D eigenvalue weighted by Crippen LogP contribution is -2.40. The molecule has 1 fully saturated rings. The zero-order chi connectivity index (χ0) is 18.6. The van der Waals surface area contributed by atoms with Crippen molar-refractivity contribution in [1.82, 2.24) is 10.2 Å². The van der Waals surface area contributed by atoms with E-state index in [9.17, 15) is 4.79 Å². The molecule has 6 heteroatoms. The Labute approximate surface area is 154 Å². The molecule has 1 aromatic heterocycles. The summed E-state index contributed by atoms with van der Waals surface area (Å²) in [5.41, 5.74) is 2.14. The molecule has 0 atom stereocenters. The second kappa shape index (κ2) is 7.64. The minimum absolute atomic E-state index is 0.254. The van der Waals surface area contributed by atoms with E-state index in [4.69, 9.17) is 4.42 Å².